The lowest BCUT2D eigenvalue weighted by molar-refractivity contribution is 0.800. The van der Waals surface area contributed by atoms with Gasteiger partial charge in [0.15, 0.2) is 0 Å². The molecule has 1 nitrogen and oxygen atoms in total. The maximum Gasteiger partial charge on any atom is 0.0867 e. The highest BCUT2D eigenvalue weighted by Crippen LogP contribution is 2.59. The van der Waals surface area contributed by atoms with Gasteiger partial charge in [-0.05, 0) is 129 Å². The SMILES string of the molecule is CCCC[Si](CCCC)(CCCC)c1cc(C)c(N(P(c2cc(C)cc(C)c2)c2cc(C)cc(C)c2)P(c2cc(C)cc(C)c2)c2cc(C)cc(C)c2)c(C)c1. The minimum Gasteiger partial charge on any atom is -0.312 e. The van der Waals surface area contributed by atoms with Gasteiger partial charge >= 0.3 is 0 Å². The maximum atomic E-state index is 3.00. The third-order valence-electron chi connectivity index (χ3n) is 11.5. The molecular weight excluding hydrogens is 729 g/mol. The van der Waals surface area contributed by atoms with Gasteiger partial charge in [-0.25, -0.2) is 0 Å². The van der Waals surface area contributed by atoms with E-state index in [1.54, 1.807) is 5.19 Å². The van der Waals surface area contributed by atoms with Gasteiger partial charge in [-0.2, -0.15) is 0 Å². The Morgan fingerprint density at radius 1 is 0.375 bits per heavy atom. The van der Waals surface area contributed by atoms with Gasteiger partial charge in [-0.1, -0.05) is 164 Å². The van der Waals surface area contributed by atoms with Crippen molar-refractivity contribution in [2.24, 2.45) is 0 Å². The van der Waals surface area contributed by atoms with Crippen molar-refractivity contribution < 1.29 is 0 Å². The fraction of sp³-hybridized carbons (Fsp3) is 0.423. The molecule has 0 saturated heterocycles. The molecule has 5 rings (SSSR count). The van der Waals surface area contributed by atoms with Crippen LogP contribution < -0.4 is 30.8 Å². The van der Waals surface area contributed by atoms with Crippen LogP contribution in [0, 0.1) is 69.2 Å². The second-order valence-electron chi connectivity index (χ2n) is 17.3. The van der Waals surface area contributed by atoms with Crippen molar-refractivity contribution >= 4 is 56.3 Å². The van der Waals surface area contributed by atoms with E-state index in [9.17, 15) is 0 Å². The van der Waals surface area contributed by atoms with Gasteiger partial charge in [-0.3, -0.25) is 0 Å². The molecule has 56 heavy (non-hydrogen) atoms. The number of anilines is 1. The van der Waals surface area contributed by atoms with Gasteiger partial charge in [0.05, 0.1) is 29.9 Å². The fourth-order valence-electron chi connectivity index (χ4n) is 9.25. The molecule has 0 fully saturated rings. The van der Waals surface area contributed by atoms with Crippen LogP contribution in [0.5, 0.6) is 0 Å². The molecule has 0 atom stereocenters. The Morgan fingerprint density at radius 2 is 0.625 bits per heavy atom. The van der Waals surface area contributed by atoms with Crippen molar-refractivity contribution in [1.29, 1.82) is 0 Å². The number of hydrogen-bond donors (Lipinski definition) is 0. The zero-order chi connectivity index (χ0) is 40.7. The van der Waals surface area contributed by atoms with Crippen molar-refractivity contribution in [3.63, 3.8) is 0 Å². The summed E-state index contributed by atoms with van der Waals surface area (Å²) in [5.41, 5.74) is 15.0. The average molecular weight is 800 g/mol. The molecule has 0 N–H and O–H groups in total. The molecule has 0 aromatic heterocycles. The van der Waals surface area contributed by atoms with E-state index in [0.717, 1.165) is 0 Å². The summed E-state index contributed by atoms with van der Waals surface area (Å²) in [5, 5.41) is 7.46. The second kappa shape index (κ2) is 19.6. The van der Waals surface area contributed by atoms with E-state index >= 15 is 0 Å². The Balaban J connectivity index is 1.95. The van der Waals surface area contributed by atoms with Crippen LogP contribution in [0.4, 0.5) is 5.69 Å². The van der Waals surface area contributed by atoms with Gasteiger partial charge in [0.25, 0.3) is 0 Å². The predicted octanol–water partition coefficient (Wildman–Crippen LogP) is 13.7. The normalized spacial score (nSPS) is 11.9. The Morgan fingerprint density at radius 3 is 0.857 bits per heavy atom. The molecule has 0 saturated carbocycles. The van der Waals surface area contributed by atoms with Crippen LogP contribution in [0.25, 0.3) is 0 Å². The van der Waals surface area contributed by atoms with E-state index in [0.29, 0.717) is 0 Å². The largest absolute Gasteiger partial charge is 0.312 e. The molecule has 5 aromatic carbocycles. The standard InChI is InChI=1S/C52H71NP2Si/c1-14-17-20-56(21-18-15-2,22-19-16-3)51-35-45(12)52(46(13)36-51)53(54(47-27-37(4)23-38(5)28-47)48-29-39(6)24-40(7)30-48)55(49-31-41(8)25-42(9)32-49)50-33-43(10)26-44(11)34-50/h23-36H,14-22H2,1-13H3. The first kappa shape index (κ1) is 44.1. The van der Waals surface area contributed by atoms with E-state index in [1.165, 1.54) is 139 Å². The summed E-state index contributed by atoms with van der Waals surface area (Å²) in [4.78, 5) is 0. The molecule has 4 heteroatoms. The zero-order valence-electron chi connectivity index (χ0n) is 37.3. The first-order valence-electron chi connectivity index (χ1n) is 21.5. The molecule has 298 valence electrons. The number of unbranched alkanes of at least 4 members (excludes halogenated alkanes) is 3. The van der Waals surface area contributed by atoms with Gasteiger partial charge < -0.3 is 4.44 Å². The number of hydrogen-bond acceptors (Lipinski definition) is 1. The lowest BCUT2D eigenvalue weighted by Gasteiger charge is -2.43. The second-order valence-corrected chi connectivity index (χ2v) is 26.4. The summed E-state index contributed by atoms with van der Waals surface area (Å²) in [6.45, 7) is 30.4. The summed E-state index contributed by atoms with van der Waals surface area (Å²) >= 11 is 0. The zero-order valence-corrected chi connectivity index (χ0v) is 40.1. The summed E-state index contributed by atoms with van der Waals surface area (Å²) in [6, 6.07) is 39.0. The molecule has 0 aliphatic heterocycles. The first-order chi connectivity index (χ1) is 26.7. The van der Waals surface area contributed by atoms with Gasteiger partial charge in [-0.15, -0.1) is 0 Å². The van der Waals surface area contributed by atoms with Crippen LogP contribution in [0.15, 0.2) is 84.9 Å². The molecule has 0 spiro atoms. The molecule has 5 aromatic rings. The van der Waals surface area contributed by atoms with Crippen molar-refractivity contribution in [3.05, 3.63) is 141 Å². The maximum absolute atomic E-state index is 3.00. The summed E-state index contributed by atoms with van der Waals surface area (Å²) in [5.74, 6) is 0. The Hall–Kier alpha value is -3.02. The quantitative estimate of drug-likeness (QED) is 0.0669. The van der Waals surface area contributed by atoms with Gasteiger partial charge in [0.1, 0.15) is 0 Å². The molecule has 0 heterocycles. The predicted molar refractivity (Wildman–Crippen MR) is 259 cm³/mol. The Labute approximate surface area is 346 Å². The van der Waals surface area contributed by atoms with Crippen molar-refractivity contribution in [3.8, 4) is 0 Å². The smallest absolute Gasteiger partial charge is 0.0867 e. The minimum absolute atomic E-state index is 1.01. The molecule has 0 aliphatic carbocycles. The summed E-state index contributed by atoms with van der Waals surface area (Å²) < 4.78 is 3.00. The molecule has 0 bridgehead atoms. The van der Waals surface area contributed by atoms with Crippen LogP contribution in [0.1, 0.15) is 115 Å². The van der Waals surface area contributed by atoms with Crippen molar-refractivity contribution in [1.82, 2.24) is 0 Å². The highest BCUT2D eigenvalue weighted by molar-refractivity contribution is 7.90. The monoisotopic (exact) mass is 799 g/mol. The lowest BCUT2D eigenvalue weighted by Crippen LogP contribution is -2.48. The van der Waals surface area contributed by atoms with E-state index < -0.39 is 24.2 Å². The highest BCUT2D eigenvalue weighted by atomic mass is 31.2. The average Bonchev–Trinajstić information content (AvgIpc) is 3.10. The van der Waals surface area contributed by atoms with E-state index in [1.807, 2.05) is 0 Å². The summed E-state index contributed by atoms with van der Waals surface area (Å²) in [7, 11) is -3.74. The van der Waals surface area contributed by atoms with Gasteiger partial charge in [0.2, 0.25) is 0 Å². The lowest BCUT2D eigenvalue weighted by atomic mass is 10.1. The minimum atomic E-state index is -1.73. The topological polar surface area (TPSA) is 3.24 Å². The Kier molecular flexibility index (Phi) is 15.4. The highest BCUT2D eigenvalue weighted by Gasteiger charge is 2.38. The van der Waals surface area contributed by atoms with Crippen LogP contribution >= 0.6 is 16.1 Å². The van der Waals surface area contributed by atoms with E-state index in [4.69, 9.17) is 0 Å². The van der Waals surface area contributed by atoms with E-state index in [2.05, 4.69) is 179 Å². The van der Waals surface area contributed by atoms with Crippen LogP contribution in [-0.2, 0) is 0 Å². The van der Waals surface area contributed by atoms with E-state index in [-0.39, 0.29) is 0 Å². The molecule has 0 amide bonds. The van der Waals surface area contributed by atoms with Crippen molar-refractivity contribution in [2.75, 3.05) is 4.44 Å². The molecular formula is C52H71NP2Si. The number of benzene rings is 5. The van der Waals surface area contributed by atoms with Crippen LogP contribution in [0.3, 0.4) is 0 Å². The molecule has 0 aliphatic rings. The number of aryl methyl sites for hydroxylation is 10. The van der Waals surface area contributed by atoms with Crippen molar-refractivity contribution in [2.45, 2.75) is 147 Å². The number of nitrogens with zero attached hydrogens (tertiary/aromatic N) is 1. The number of rotatable bonds is 17. The third kappa shape index (κ3) is 10.5. The fourth-order valence-corrected chi connectivity index (χ4v) is 22.1. The summed E-state index contributed by atoms with van der Waals surface area (Å²) in [6.07, 6.45) is 7.89. The Bertz CT molecular complexity index is 1780. The van der Waals surface area contributed by atoms with Crippen LogP contribution in [0.2, 0.25) is 18.1 Å². The van der Waals surface area contributed by atoms with Gasteiger partial charge in [0, 0.05) is 21.2 Å². The molecule has 0 radical (unpaired) electrons. The van der Waals surface area contributed by atoms with Crippen LogP contribution in [-0.4, -0.2) is 8.07 Å². The third-order valence-corrected chi connectivity index (χ3v) is 22.2. The molecule has 0 unspecified atom stereocenters. The first-order valence-corrected chi connectivity index (χ1v) is 26.7.